The lowest BCUT2D eigenvalue weighted by Gasteiger charge is -2.42. The number of aryl methyl sites for hydroxylation is 1. The molecule has 2 amide bonds. The first-order chi connectivity index (χ1) is 14.2. The molecule has 0 radical (unpaired) electrons. The van der Waals surface area contributed by atoms with Crippen LogP contribution in [0.1, 0.15) is 42.6 Å². The number of amides is 2. The number of morpholine rings is 1. The topological polar surface area (TPSA) is 62.3 Å². The van der Waals surface area contributed by atoms with Crippen LogP contribution < -0.4 is 4.74 Å². The maximum absolute atomic E-state index is 13.5. The molecule has 7 heteroatoms. The zero-order valence-corrected chi connectivity index (χ0v) is 18.5. The molecule has 0 N–H and O–H groups in total. The summed E-state index contributed by atoms with van der Waals surface area (Å²) in [5.41, 5.74) is 1.11. The average molecular weight is 416 g/mol. The summed E-state index contributed by atoms with van der Waals surface area (Å²) in [6, 6.07) is 5.76. The van der Waals surface area contributed by atoms with Crippen molar-refractivity contribution in [3.05, 3.63) is 29.3 Å². The summed E-state index contributed by atoms with van der Waals surface area (Å²) >= 11 is 0. The van der Waals surface area contributed by atoms with Gasteiger partial charge in [-0.05, 0) is 40.0 Å². The number of nitrogens with zero attached hydrogens (tertiary/aromatic N) is 3. The maximum Gasteiger partial charge on any atom is 0.258 e. The summed E-state index contributed by atoms with van der Waals surface area (Å²) in [4.78, 5) is 32.4. The smallest absolute Gasteiger partial charge is 0.258 e. The number of benzene rings is 1. The van der Waals surface area contributed by atoms with E-state index in [9.17, 15) is 9.59 Å². The molecule has 2 unspecified atom stereocenters. The van der Waals surface area contributed by atoms with Crippen LogP contribution in [-0.2, 0) is 9.53 Å². The summed E-state index contributed by atoms with van der Waals surface area (Å²) in [6.07, 6.45) is 1.68. The molecule has 164 valence electrons. The van der Waals surface area contributed by atoms with E-state index in [2.05, 4.69) is 11.9 Å². The van der Waals surface area contributed by atoms with Gasteiger partial charge in [-0.1, -0.05) is 11.6 Å². The lowest BCUT2D eigenvalue weighted by molar-refractivity contribution is -0.144. The van der Waals surface area contributed by atoms with E-state index in [0.29, 0.717) is 30.9 Å². The molecule has 0 aromatic heterocycles. The highest BCUT2D eigenvalue weighted by atomic mass is 16.5. The second kappa shape index (κ2) is 8.19. The molecule has 4 rings (SSSR count). The fraction of sp³-hybridized carbons (Fsp3) is 0.652. The van der Waals surface area contributed by atoms with Crippen LogP contribution in [0.5, 0.6) is 5.75 Å². The standard InChI is InChI=1S/C23H33N3O4/c1-16-5-6-20-19(11-16)22(28)26(15-23(30-20)7-9-24(4)10-8-23)14-21(27)25-12-17(2)29-18(3)13-25/h5-6,11,17-18H,7-10,12-15H2,1-4H3. The van der Waals surface area contributed by atoms with Crippen LogP contribution in [0.25, 0.3) is 0 Å². The monoisotopic (exact) mass is 415 g/mol. The second-order valence-corrected chi connectivity index (χ2v) is 9.31. The average Bonchev–Trinajstić information content (AvgIpc) is 2.79. The first-order valence-corrected chi connectivity index (χ1v) is 11.0. The summed E-state index contributed by atoms with van der Waals surface area (Å²) < 4.78 is 12.3. The Morgan fingerprint density at radius 3 is 2.50 bits per heavy atom. The summed E-state index contributed by atoms with van der Waals surface area (Å²) in [5.74, 6) is 0.496. The fourth-order valence-electron chi connectivity index (χ4n) is 4.81. The predicted octanol–water partition coefficient (Wildman–Crippen LogP) is 1.93. The highest BCUT2D eigenvalue weighted by molar-refractivity contribution is 5.99. The first-order valence-electron chi connectivity index (χ1n) is 11.0. The zero-order valence-electron chi connectivity index (χ0n) is 18.5. The molecule has 1 aromatic carbocycles. The van der Waals surface area contributed by atoms with E-state index in [0.717, 1.165) is 31.5 Å². The van der Waals surface area contributed by atoms with Crippen molar-refractivity contribution in [2.75, 3.05) is 46.3 Å². The predicted molar refractivity (Wildman–Crippen MR) is 114 cm³/mol. The molecule has 7 nitrogen and oxygen atoms in total. The Hall–Kier alpha value is -2.12. The van der Waals surface area contributed by atoms with Crippen molar-refractivity contribution in [2.45, 2.75) is 51.4 Å². The minimum atomic E-state index is -0.450. The van der Waals surface area contributed by atoms with E-state index in [1.807, 2.05) is 43.9 Å². The normalized spacial score (nSPS) is 26.9. The molecule has 3 aliphatic heterocycles. The molecule has 1 spiro atoms. The summed E-state index contributed by atoms with van der Waals surface area (Å²) in [5, 5.41) is 0. The van der Waals surface area contributed by atoms with Gasteiger partial charge in [-0.2, -0.15) is 0 Å². The lowest BCUT2D eigenvalue weighted by atomic mass is 9.90. The van der Waals surface area contributed by atoms with E-state index in [-0.39, 0.29) is 30.6 Å². The Bertz CT molecular complexity index is 809. The molecule has 3 aliphatic rings. The van der Waals surface area contributed by atoms with Crippen molar-refractivity contribution in [2.24, 2.45) is 0 Å². The molecule has 0 bridgehead atoms. The summed E-state index contributed by atoms with van der Waals surface area (Å²) in [6.45, 7) is 9.39. The molecule has 30 heavy (non-hydrogen) atoms. The van der Waals surface area contributed by atoms with Gasteiger partial charge in [0.25, 0.3) is 5.91 Å². The largest absolute Gasteiger partial charge is 0.484 e. The molecule has 2 atom stereocenters. The molecular weight excluding hydrogens is 382 g/mol. The van der Waals surface area contributed by atoms with Crippen molar-refractivity contribution < 1.29 is 19.1 Å². The van der Waals surface area contributed by atoms with Gasteiger partial charge in [0.15, 0.2) is 0 Å². The van der Waals surface area contributed by atoms with Gasteiger partial charge in [-0.3, -0.25) is 9.59 Å². The number of likely N-dealkylation sites (tertiary alicyclic amines) is 1. The molecular formula is C23H33N3O4. The van der Waals surface area contributed by atoms with Crippen LogP contribution in [0.4, 0.5) is 0 Å². The van der Waals surface area contributed by atoms with Gasteiger partial charge in [-0.25, -0.2) is 0 Å². The number of carbonyl (C=O) groups is 2. The van der Waals surface area contributed by atoms with Gasteiger partial charge in [0, 0.05) is 39.0 Å². The van der Waals surface area contributed by atoms with Gasteiger partial charge in [0.2, 0.25) is 5.91 Å². The quantitative estimate of drug-likeness (QED) is 0.739. The van der Waals surface area contributed by atoms with E-state index < -0.39 is 5.60 Å². The van der Waals surface area contributed by atoms with E-state index in [1.54, 1.807) is 4.90 Å². The third kappa shape index (κ3) is 4.32. The Labute approximate surface area is 178 Å². The highest BCUT2D eigenvalue weighted by Crippen LogP contribution is 2.35. The Kier molecular flexibility index (Phi) is 5.77. The molecule has 0 aliphatic carbocycles. The second-order valence-electron chi connectivity index (χ2n) is 9.31. The Morgan fingerprint density at radius 1 is 1.17 bits per heavy atom. The molecule has 1 aromatic rings. The van der Waals surface area contributed by atoms with Gasteiger partial charge < -0.3 is 24.2 Å². The van der Waals surface area contributed by atoms with Crippen LogP contribution in [-0.4, -0.2) is 90.6 Å². The molecule has 2 saturated heterocycles. The van der Waals surface area contributed by atoms with E-state index >= 15 is 0 Å². The first kappa shape index (κ1) is 21.1. The molecule has 2 fully saturated rings. The van der Waals surface area contributed by atoms with Gasteiger partial charge in [-0.15, -0.1) is 0 Å². The van der Waals surface area contributed by atoms with E-state index in [1.165, 1.54) is 0 Å². The number of hydrogen-bond acceptors (Lipinski definition) is 5. The number of piperidine rings is 1. The van der Waals surface area contributed by atoms with Crippen molar-refractivity contribution in [1.29, 1.82) is 0 Å². The summed E-state index contributed by atoms with van der Waals surface area (Å²) in [7, 11) is 2.11. The van der Waals surface area contributed by atoms with Crippen LogP contribution in [0.3, 0.4) is 0 Å². The van der Waals surface area contributed by atoms with Crippen LogP contribution in [0.15, 0.2) is 18.2 Å². The lowest BCUT2D eigenvalue weighted by Crippen LogP contribution is -2.56. The van der Waals surface area contributed by atoms with Crippen LogP contribution >= 0.6 is 0 Å². The van der Waals surface area contributed by atoms with Gasteiger partial charge >= 0.3 is 0 Å². The number of fused-ring (bicyclic) bond motifs is 1. The van der Waals surface area contributed by atoms with Crippen LogP contribution in [0.2, 0.25) is 0 Å². The third-order valence-corrected chi connectivity index (χ3v) is 6.45. The minimum absolute atomic E-state index is 0.00414. The maximum atomic E-state index is 13.5. The van der Waals surface area contributed by atoms with Gasteiger partial charge in [0.05, 0.1) is 24.3 Å². The molecule has 3 heterocycles. The van der Waals surface area contributed by atoms with Crippen LogP contribution in [0, 0.1) is 6.92 Å². The van der Waals surface area contributed by atoms with Crippen molar-refractivity contribution >= 4 is 11.8 Å². The number of ether oxygens (including phenoxy) is 2. The number of rotatable bonds is 2. The fourth-order valence-corrected chi connectivity index (χ4v) is 4.81. The Balaban J connectivity index is 1.60. The van der Waals surface area contributed by atoms with Crippen molar-refractivity contribution in [3.8, 4) is 5.75 Å². The highest BCUT2D eigenvalue weighted by Gasteiger charge is 2.43. The van der Waals surface area contributed by atoms with E-state index in [4.69, 9.17) is 9.47 Å². The van der Waals surface area contributed by atoms with Crippen molar-refractivity contribution in [3.63, 3.8) is 0 Å². The van der Waals surface area contributed by atoms with Crippen molar-refractivity contribution in [1.82, 2.24) is 14.7 Å². The Morgan fingerprint density at radius 2 is 1.83 bits per heavy atom. The van der Waals surface area contributed by atoms with Gasteiger partial charge in [0.1, 0.15) is 17.9 Å². The SMILES string of the molecule is Cc1ccc2c(c1)C(=O)N(CC(=O)N1CC(C)OC(C)C1)CC1(CCN(C)CC1)O2. The molecule has 0 saturated carbocycles. The number of hydrogen-bond donors (Lipinski definition) is 0. The third-order valence-electron chi connectivity index (χ3n) is 6.45. The number of carbonyl (C=O) groups excluding carboxylic acids is 2. The minimum Gasteiger partial charge on any atom is -0.484 e. The zero-order chi connectivity index (χ0) is 21.5.